The Kier molecular flexibility index (Phi) is 11.6. The molecule has 0 aromatic rings. The molecular weight excluding hydrogens is 336 g/mol. The smallest absolute Gasteiger partial charge is 0.0700 e. The van der Waals surface area contributed by atoms with Crippen LogP contribution in [0.4, 0.5) is 0 Å². The number of alkyl halides is 2. The van der Waals surface area contributed by atoms with Crippen molar-refractivity contribution in [2.75, 3.05) is 37.6 Å². The minimum absolute atomic E-state index is 0.402. The topological polar surface area (TPSA) is 18.5 Å². The molecule has 0 amide bonds. The van der Waals surface area contributed by atoms with Crippen LogP contribution in [-0.2, 0) is 9.47 Å². The first kappa shape index (κ1) is 16.9. The molecule has 0 fully saturated rings. The molecule has 16 heavy (non-hydrogen) atoms. The van der Waals surface area contributed by atoms with E-state index in [2.05, 4.69) is 38.8 Å². The summed E-state index contributed by atoms with van der Waals surface area (Å²) in [5.41, 5.74) is 0.402. The van der Waals surface area contributed by atoms with Gasteiger partial charge in [0.2, 0.25) is 0 Å². The molecule has 0 bridgehead atoms. The molecule has 98 valence electrons. The molecular formula is C12H24Br2O2. The van der Waals surface area contributed by atoms with E-state index in [4.69, 9.17) is 9.47 Å². The number of ether oxygens (including phenoxy) is 2. The molecule has 0 aliphatic heterocycles. The summed E-state index contributed by atoms with van der Waals surface area (Å²) < 4.78 is 10.4. The summed E-state index contributed by atoms with van der Waals surface area (Å²) in [5.74, 6) is 0. The van der Waals surface area contributed by atoms with Crippen LogP contribution in [0.15, 0.2) is 0 Å². The number of halogens is 2. The van der Waals surface area contributed by atoms with Gasteiger partial charge in [-0.1, -0.05) is 45.2 Å². The number of methoxy groups -OCH3 is 1. The van der Waals surface area contributed by atoms with Gasteiger partial charge in [0.05, 0.1) is 13.2 Å². The first-order valence-corrected chi connectivity index (χ1v) is 8.17. The van der Waals surface area contributed by atoms with Crippen LogP contribution < -0.4 is 0 Å². The molecule has 0 aromatic heterocycles. The largest absolute Gasteiger partial charge is 0.382 e. The number of hydrogen-bond acceptors (Lipinski definition) is 2. The summed E-state index contributed by atoms with van der Waals surface area (Å²) in [4.78, 5) is 0. The maximum Gasteiger partial charge on any atom is 0.0700 e. The Morgan fingerprint density at radius 3 is 2.19 bits per heavy atom. The molecule has 0 rings (SSSR count). The van der Waals surface area contributed by atoms with E-state index in [-0.39, 0.29) is 0 Å². The van der Waals surface area contributed by atoms with E-state index in [9.17, 15) is 0 Å². The van der Waals surface area contributed by atoms with Crippen LogP contribution in [0, 0.1) is 5.41 Å². The van der Waals surface area contributed by atoms with Crippen molar-refractivity contribution in [2.24, 2.45) is 5.41 Å². The summed E-state index contributed by atoms with van der Waals surface area (Å²) in [6.07, 6.45) is 4.84. The third kappa shape index (κ3) is 7.25. The lowest BCUT2D eigenvalue weighted by Crippen LogP contribution is -2.25. The van der Waals surface area contributed by atoms with Gasteiger partial charge in [0.25, 0.3) is 0 Å². The van der Waals surface area contributed by atoms with E-state index in [1.807, 2.05) is 0 Å². The van der Waals surface area contributed by atoms with E-state index in [1.54, 1.807) is 7.11 Å². The number of hydrogen-bond donors (Lipinski definition) is 0. The second kappa shape index (κ2) is 11.0. The maximum atomic E-state index is 5.48. The molecule has 0 aliphatic rings. The first-order chi connectivity index (χ1) is 7.74. The van der Waals surface area contributed by atoms with Gasteiger partial charge in [-0.15, -0.1) is 0 Å². The van der Waals surface area contributed by atoms with Crippen molar-refractivity contribution in [2.45, 2.75) is 32.6 Å². The minimum atomic E-state index is 0.402. The Hall–Kier alpha value is 0.880. The van der Waals surface area contributed by atoms with Crippen LogP contribution in [0.3, 0.4) is 0 Å². The summed E-state index contributed by atoms with van der Waals surface area (Å²) >= 11 is 7.27. The molecule has 0 heterocycles. The molecule has 0 saturated heterocycles. The predicted molar refractivity (Wildman–Crippen MR) is 76.9 cm³/mol. The second-order valence-electron chi connectivity index (χ2n) is 4.23. The van der Waals surface area contributed by atoms with Crippen molar-refractivity contribution in [1.29, 1.82) is 0 Å². The van der Waals surface area contributed by atoms with Gasteiger partial charge in [0.1, 0.15) is 0 Å². The molecule has 0 aliphatic carbocycles. The Balaban J connectivity index is 3.67. The SMILES string of the molecule is CCCC(CBr)(CBr)CCCOCCOC. The Bertz CT molecular complexity index is 150. The van der Waals surface area contributed by atoms with E-state index >= 15 is 0 Å². The van der Waals surface area contributed by atoms with Crippen LogP contribution in [0.25, 0.3) is 0 Å². The molecule has 0 unspecified atom stereocenters. The zero-order chi connectivity index (χ0) is 12.3. The normalized spacial score (nSPS) is 12.0. The van der Waals surface area contributed by atoms with E-state index in [0.717, 1.165) is 23.7 Å². The lowest BCUT2D eigenvalue weighted by Gasteiger charge is -2.29. The lowest BCUT2D eigenvalue weighted by atomic mass is 9.83. The maximum absolute atomic E-state index is 5.48. The van der Waals surface area contributed by atoms with Gasteiger partial charge in [0, 0.05) is 24.4 Å². The fourth-order valence-corrected chi connectivity index (χ4v) is 3.80. The third-order valence-corrected chi connectivity index (χ3v) is 5.15. The van der Waals surface area contributed by atoms with Crippen molar-refractivity contribution in [3.8, 4) is 0 Å². The monoisotopic (exact) mass is 358 g/mol. The van der Waals surface area contributed by atoms with Crippen LogP contribution >= 0.6 is 31.9 Å². The molecule has 0 aromatic carbocycles. The molecule has 0 atom stereocenters. The highest BCUT2D eigenvalue weighted by molar-refractivity contribution is 9.09. The van der Waals surface area contributed by atoms with Crippen LogP contribution in [-0.4, -0.2) is 37.6 Å². The number of rotatable bonds is 11. The molecule has 4 heteroatoms. The highest BCUT2D eigenvalue weighted by Crippen LogP contribution is 2.33. The van der Waals surface area contributed by atoms with Crippen molar-refractivity contribution >= 4 is 31.9 Å². The summed E-state index contributed by atoms with van der Waals surface area (Å²) in [6.45, 7) is 4.49. The Labute approximate surface area is 117 Å². The standard InChI is InChI=1S/C12H24Br2O2/c1-3-5-12(10-13,11-14)6-4-7-16-9-8-15-2/h3-11H2,1-2H3. The van der Waals surface area contributed by atoms with Gasteiger partial charge >= 0.3 is 0 Å². The molecule has 0 spiro atoms. The zero-order valence-corrected chi connectivity index (χ0v) is 13.6. The van der Waals surface area contributed by atoms with Gasteiger partial charge < -0.3 is 9.47 Å². The second-order valence-corrected chi connectivity index (χ2v) is 5.35. The first-order valence-electron chi connectivity index (χ1n) is 5.93. The molecule has 0 saturated carbocycles. The fraction of sp³-hybridized carbons (Fsp3) is 1.00. The summed E-state index contributed by atoms with van der Waals surface area (Å²) in [5, 5.41) is 2.13. The van der Waals surface area contributed by atoms with Gasteiger partial charge in [-0.3, -0.25) is 0 Å². The Morgan fingerprint density at radius 1 is 1.00 bits per heavy atom. The fourth-order valence-electron chi connectivity index (χ4n) is 1.75. The van der Waals surface area contributed by atoms with Gasteiger partial charge in [0.15, 0.2) is 0 Å². The van der Waals surface area contributed by atoms with Crippen LogP contribution in [0.1, 0.15) is 32.6 Å². The van der Waals surface area contributed by atoms with Crippen molar-refractivity contribution < 1.29 is 9.47 Å². The van der Waals surface area contributed by atoms with Crippen LogP contribution in [0.5, 0.6) is 0 Å². The summed E-state index contributed by atoms with van der Waals surface area (Å²) in [6, 6.07) is 0. The quantitative estimate of drug-likeness (QED) is 0.410. The van der Waals surface area contributed by atoms with Crippen LogP contribution in [0.2, 0.25) is 0 Å². The zero-order valence-electron chi connectivity index (χ0n) is 10.4. The highest BCUT2D eigenvalue weighted by Gasteiger charge is 2.25. The molecule has 0 radical (unpaired) electrons. The third-order valence-electron chi connectivity index (χ3n) is 2.77. The minimum Gasteiger partial charge on any atom is -0.382 e. The lowest BCUT2D eigenvalue weighted by molar-refractivity contribution is 0.0650. The summed E-state index contributed by atoms with van der Waals surface area (Å²) in [7, 11) is 1.70. The Morgan fingerprint density at radius 2 is 1.69 bits per heavy atom. The van der Waals surface area contributed by atoms with E-state index in [1.165, 1.54) is 19.3 Å². The average Bonchev–Trinajstić information content (AvgIpc) is 2.32. The predicted octanol–water partition coefficient (Wildman–Crippen LogP) is 4.01. The molecule has 0 N–H and O–H groups in total. The van der Waals surface area contributed by atoms with Gasteiger partial charge in [-0.25, -0.2) is 0 Å². The van der Waals surface area contributed by atoms with Crippen molar-refractivity contribution in [1.82, 2.24) is 0 Å². The van der Waals surface area contributed by atoms with Crippen molar-refractivity contribution in [3.63, 3.8) is 0 Å². The molecule has 2 nitrogen and oxygen atoms in total. The average molecular weight is 360 g/mol. The highest BCUT2D eigenvalue weighted by atomic mass is 79.9. The van der Waals surface area contributed by atoms with E-state index in [0.29, 0.717) is 18.6 Å². The van der Waals surface area contributed by atoms with Crippen molar-refractivity contribution in [3.05, 3.63) is 0 Å². The van der Waals surface area contributed by atoms with E-state index < -0.39 is 0 Å². The van der Waals surface area contributed by atoms with Gasteiger partial charge in [-0.05, 0) is 24.7 Å². The van der Waals surface area contributed by atoms with Gasteiger partial charge in [-0.2, -0.15) is 0 Å².